The van der Waals surface area contributed by atoms with Gasteiger partial charge in [-0.1, -0.05) is 18.2 Å². The molecule has 3 rings (SSSR count). The molecule has 1 amide bonds. The van der Waals surface area contributed by atoms with Gasteiger partial charge in [0, 0.05) is 23.5 Å². The highest BCUT2D eigenvalue weighted by molar-refractivity contribution is 6.04. The van der Waals surface area contributed by atoms with Gasteiger partial charge in [0.2, 0.25) is 0 Å². The first-order chi connectivity index (χ1) is 10.2. The van der Waals surface area contributed by atoms with Crippen LogP contribution in [0.3, 0.4) is 0 Å². The van der Waals surface area contributed by atoms with Crippen molar-refractivity contribution in [3.63, 3.8) is 0 Å². The maximum Gasteiger partial charge on any atom is 0.256 e. The second kappa shape index (κ2) is 5.58. The number of aryl methyl sites for hydroxylation is 1. The molecule has 5 heteroatoms. The summed E-state index contributed by atoms with van der Waals surface area (Å²) in [6, 6.07) is 11.0. The molecular weight excluding hydrogens is 264 g/mol. The Bertz CT molecular complexity index is 731. The molecular formula is C16H14N4O. The highest BCUT2D eigenvalue weighted by atomic mass is 16.1. The van der Waals surface area contributed by atoms with Crippen LogP contribution < -0.4 is 5.32 Å². The molecule has 0 atom stereocenters. The van der Waals surface area contributed by atoms with Gasteiger partial charge in [0.05, 0.1) is 6.20 Å². The van der Waals surface area contributed by atoms with Crippen LogP contribution in [0.25, 0.3) is 11.1 Å². The van der Waals surface area contributed by atoms with Crippen LogP contribution in [0.4, 0.5) is 5.82 Å². The van der Waals surface area contributed by atoms with Crippen molar-refractivity contribution in [1.82, 2.24) is 15.2 Å². The molecule has 0 radical (unpaired) electrons. The van der Waals surface area contributed by atoms with Crippen LogP contribution in [-0.2, 0) is 0 Å². The maximum atomic E-state index is 12.1. The third-order valence-corrected chi connectivity index (χ3v) is 3.13. The summed E-state index contributed by atoms with van der Waals surface area (Å²) < 4.78 is 0. The number of anilines is 1. The fraction of sp³-hybridized carbons (Fsp3) is 0.0625. The fourth-order valence-electron chi connectivity index (χ4n) is 1.95. The molecule has 0 aliphatic carbocycles. The smallest absolute Gasteiger partial charge is 0.256 e. The molecule has 0 fully saturated rings. The number of hydrogen-bond donors (Lipinski definition) is 2. The Labute approximate surface area is 122 Å². The van der Waals surface area contributed by atoms with E-state index in [9.17, 15) is 4.79 Å². The van der Waals surface area contributed by atoms with Crippen LogP contribution in [0.2, 0.25) is 0 Å². The Morgan fingerprint density at radius 1 is 1.05 bits per heavy atom. The third kappa shape index (κ3) is 2.97. The molecule has 0 spiro atoms. The Balaban J connectivity index is 1.74. The van der Waals surface area contributed by atoms with Gasteiger partial charge in [-0.05, 0) is 36.2 Å². The maximum absolute atomic E-state index is 12.1. The number of amides is 1. The SMILES string of the molecule is Cc1ccc(NC(=O)c2ccc(-c3cn[nH]c3)cc2)nc1. The quantitative estimate of drug-likeness (QED) is 0.773. The highest BCUT2D eigenvalue weighted by Gasteiger charge is 2.07. The molecule has 0 aliphatic heterocycles. The average molecular weight is 278 g/mol. The van der Waals surface area contributed by atoms with Gasteiger partial charge in [-0.2, -0.15) is 5.10 Å². The predicted molar refractivity (Wildman–Crippen MR) is 81.0 cm³/mol. The molecule has 1 aromatic carbocycles. The van der Waals surface area contributed by atoms with Crippen LogP contribution in [0.15, 0.2) is 55.0 Å². The number of H-pyrrole nitrogens is 1. The Hall–Kier alpha value is -2.95. The van der Waals surface area contributed by atoms with Crippen molar-refractivity contribution >= 4 is 11.7 Å². The Morgan fingerprint density at radius 2 is 1.86 bits per heavy atom. The van der Waals surface area contributed by atoms with Crippen LogP contribution in [0.1, 0.15) is 15.9 Å². The summed E-state index contributed by atoms with van der Waals surface area (Å²) >= 11 is 0. The van der Waals surface area contributed by atoms with E-state index in [0.717, 1.165) is 16.7 Å². The zero-order valence-electron chi connectivity index (χ0n) is 11.5. The number of carbonyl (C=O) groups is 1. The molecule has 0 aliphatic rings. The predicted octanol–water partition coefficient (Wildman–Crippen LogP) is 3.03. The summed E-state index contributed by atoms with van der Waals surface area (Å²) in [5.74, 6) is 0.370. The summed E-state index contributed by atoms with van der Waals surface area (Å²) in [5.41, 5.74) is 3.64. The highest BCUT2D eigenvalue weighted by Crippen LogP contribution is 2.18. The van der Waals surface area contributed by atoms with Crippen molar-refractivity contribution in [2.75, 3.05) is 5.32 Å². The van der Waals surface area contributed by atoms with Gasteiger partial charge in [-0.3, -0.25) is 9.89 Å². The lowest BCUT2D eigenvalue weighted by Gasteiger charge is -2.05. The van der Waals surface area contributed by atoms with E-state index >= 15 is 0 Å². The second-order valence-corrected chi connectivity index (χ2v) is 4.74. The van der Waals surface area contributed by atoms with Gasteiger partial charge in [-0.25, -0.2) is 4.98 Å². The van der Waals surface area contributed by atoms with E-state index in [1.807, 2.05) is 31.3 Å². The Kier molecular flexibility index (Phi) is 3.47. The van der Waals surface area contributed by atoms with Crippen molar-refractivity contribution in [2.24, 2.45) is 0 Å². The minimum Gasteiger partial charge on any atom is -0.307 e. The van der Waals surface area contributed by atoms with Gasteiger partial charge in [0.25, 0.3) is 5.91 Å². The lowest BCUT2D eigenvalue weighted by molar-refractivity contribution is 0.102. The van der Waals surface area contributed by atoms with Crippen molar-refractivity contribution in [3.8, 4) is 11.1 Å². The monoisotopic (exact) mass is 278 g/mol. The number of pyridine rings is 1. The summed E-state index contributed by atoms with van der Waals surface area (Å²) in [4.78, 5) is 16.3. The van der Waals surface area contributed by atoms with Crippen molar-refractivity contribution in [1.29, 1.82) is 0 Å². The lowest BCUT2D eigenvalue weighted by Crippen LogP contribution is -2.12. The zero-order valence-corrected chi connectivity index (χ0v) is 11.5. The standard InChI is InChI=1S/C16H14N4O/c1-11-2-7-15(17-8-11)20-16(21)13-5-3-12(4-6-13)14-9-18-19-10-14/h2-10H,1H3,(H,18,19)(H,17,20,21). The Morgan fingerprint density at radius 3 is 2.48 bits per heavy atom. The molecule has 0 bridgehead atoms. The number of nitrogens with one attached hydrogen (secondary N) is 2. The molecule has 0 unspecified atom stereocenters. The van der Waals surface area contributed by atoms with Gasteiger partial charge < -0.3 is 5.32 Å². The number of aromatic amines is 1. The average Bonchev–Trinajstić information content (AvgIpc) is 3.04. The number of carbonyl (C=O) groups excluding carboxylic acids is 1. The van der Waals surface area contributed by atoms with Crippen LogP contribution in [-0.4, -0.2) is 21.1 Å². The minimum absolute atomic E-state index is 0.176. The van der Waals surface area contributed by atoms with E-state index in [4.69, 9.17) is 0 Å². The molecule has 2 N–H and O–H groups in total. The van der Waals surface area contributed by atoms with Crippen molar-refractivity contribution in [3.05, 3.63) is 66.1 Å². The first-order valence-corrected chi connectivity index (χ1v) is 6.55. The third-order valence-electron chi connectivity index (χ3n) is 3.13. The van der Waals surface area contributed by atoms with E-state index in [1.54, 1.807) is 30.6 Å². The number of nitrogens with zero attached hydrogens (tertiary/aromatic N) is 2. The van der Waals surface area contributed by atoms with Gasteiger partial charge in [0.1, 0.15) is 5.82 Å². The molecule has 0 saturated heterocycles. The van der Waals surface area contributed by atoms with E-state index < -0.39 is 0 Å². The molecule has 3 aromatic rings. The first kappa shape index (κ1) is 13.1. The molecule has 2 aromatic heterocycles. The molecule has 21 heavy (non-hydrogen) atoms. The van der Waals surface area contributed by atoms with E-state index in [0.29, 0.717) is 11.4 Å². The summed E-state index contributed by atoms with van der Waals surface area (Å²) in [7, 11) is 0. The van der Waals surface area contributed by atoms with E-state index in [1.165, 1.54) is 0 Å². The number of rotatable bonds is 3. The van der Waals surface area contributed by atoms with Crippen LogP contribution >= 0.6 is 0 Å². The summed E-state index contributed by atoms with van der Waals surface area (Å²) in [5, 5.41) is 9.44. The van der Waals surface area contributed by atoms with Gasteiger partial charge in [-0.15, -0.1) is 0 Å². The number of aromatic nitrogens is 3. The summed E-state index contributed by atoms with van der Waals surface area (Å²) in [6.45, 7) is 1.95. The van der Waals surface area contributed by atoms with Crippen LogP contribution in [0.5, 0.6) is 0 Å². The number of hydrogen-bond acceptors (Lipinski definition) is 3. The lowest BCUT2D eigenvalue weighted by atomic mass is 10.1. The van der Waals surface area contributed by atoms with Crippen molar-refractivity contribution in [2.45, 2.75) is 6.92 Å². The van der Waals surface area contributed by atoms with Crippen molar-refractivity contribution < 1.29 is 4.79 Å². The largest absolute Gasteiger partial charge is 0.307 e. The fourth-order valence-corrected chi connectivity index (χ4v) is 1.95. The van der Waals surface area contributed by atoms with E-state index in [-0.39, 0.29) is 5.91 Å². The topological polar surface area (TPSA) is 70.7 Å². The summed E-state index contributed by atoms with van der Waals surface area (Å²) in [6.07, 6.45) is 5.27. The number of benzene rings is 1. The minimum atomic E-state index is -0.176. The normalized spacial score (nSPS) is 10.3. The van der Waals surface area contributed by atoms with E-state index in [2.05, 4.69) is 20.5 Å². The molecule has 104 valence electrons. The molecule has 5 nitrogen and oxygen atoms in total. The molecule has 2 heterocycles. The van der Waals surface area contributed by atoms with Gasteiger partial charge in [0.15, 0.2) is 0 Å². The van der Waals surface area contributed by atoms with Gasteiger partial charge >= 0.3 is 0 Å². The molecule has 0 saturated carbocycles. The van der Waals surface area contributed by atoms with Crippen LogP contribution in [0, 0.1) is 6.92 Å². The first-order valence-electron chi connectivity index (χ1n) is 6.55. The second-order valence-electron chi connectivity index (χ2n) is 4.74. The zero-order chi connectivity index (χ0) is 14.7.